The molecule has 1 atom stereocenters. The van der Waals surface area contributed by atoms with Gasteiger partial charge in [0.1, 0.15) is 0 Å². The molecule has 1 aliphatic heterocycles. The summed E-state index contributed by atoms with van der Waals surface area (Å²) in [6.45, 7) is 6.41. The van der Waals surface area contributed by atoms with E-state index in [1.807, 2.05) is 74.4 Å². The molecule has 1 heterocycles. The predicted octanol–water partition coefficient (Wildman–Crippen LogP) is 5.09. The lowest BCUT2D eigenvalue weighted by Crippen LogP contribution is -2.37. The molecule has 186 valence electrons. The van der Waals surface area contributed by atoms with E-state index < -0.39 is 26.0 Å². The average molecular weight is 505 g/mol. The second-order valence-electron chi connectivity index (χ2n) is 8.91. The number of aliphatic imine (C=N–C) groups is 1. The van der Waals surface area contributed by atoms with Gasteiger partial charge in [-0.1, -0.05) is 49.0 Å². The normalized spacial score (nSPS) is 16.8. The van der Waals surface area contributed by atoms with Crippen LogP contribution in [0.25, 0.3) is 5.57 Å². The molecule has 0 aliphatic carbocycles. The number of nitrogens with zero attached hydrogens (tertiary/aromatic N) is 3. The van der Waals surface area contributed by atoms with Crippen LogP contribution in [-0.2, 0) is 15.4 Å². The van der Waals surface area contributed by atoms with Gasteiger partial charge in [-0.15, -0.1) is 0 Å². The van der Waals surface area contributed by atoms with E-state index in [0.29, 0.717) is 6.42 Å². The van der Waals surface area contributed by atoms with Crippen LogP contribution in [0.4, 0.5) is 17.1 Å². The van der Waals surface area contributed by atoms with Gasteiger partial charge in [0.25, 0.3) is 5.69 Å². The standard InChI is InChI=1S/C27H28N4O4S/c1-19(21-13-15-22(16-14-21)30(3)4)27(20(2)29-24-10-6-5-9-23(24)27)17-18-28-36(34,35)26-12-8-7-11-25(26)31(32)33/h5-16,28H,1,17-18H2,2-4H3. The molecule has 0 fully saturated rings. The molecule has 0 saturated heterocycles. The van der Waals surface area contributed by atoms with Gasteiger partial charge < -0.3 is 4.90 Å². The fourth-order valence-electron chi connectivity index (χ4n) is 4.74. The Labute approximate surface area is 211 Å². The molecule has 0 aromatic heterocycles. The number of rotatable bonds is 9. The Balaban J connectivity index is 1.69. The van der Waals surface area contributed by atoms with Crippen molar-refractivity contribution in [1.29, 1.82) is 0 Å². The summed E-state index contributed by atoms with van der Waals surface area (Å²) >= 11 is 0. The van der Waals surface area contributed by atoms with Crippen molar-refractivity contribution >= 4 is 38.4 Å². The van der Waals surface area contributed by atoms with Crippen LogP contribution in [0.15, 0.2) is 89.3 Å². The number of benzene rings is 3. The van der Waals surface area contributed by atoms with Gasteiger partial charge in [0.05, 0.1) is 16.0 Å². The number of hydrogen-bond donors (Lipinski definition) is 1. The molecule has 9 heteroatoms. The van der Waals surface area contributed by atoms with Gasteiger partial charge in [-0.2, -0.15) is 0 Å². The SMILES string of the molecule is C=C(c1ccc(N(C)C)cc1)C1(CCNS(=O)(=O)c2ccccc2[N+](=O)[O-])C(C)=Nc2ccccc21. The average Bonchev–Trinajstić information content (AvgIpc) is 3.15. The summed E-state index contributed by atoms with van der Waals surface area (Å²) in [5.74, 6) is 0. The highest BCUT2D eigenvalue weighted by molar-refractivity contribution is 7.89. The minimum absolute atomic E-state index is 0.0321. The first-order valence-electron chi connectivity index (χ1n) is 11.4. The molecule has 0 spiro atoms. The van der Waals surface area contributed by atoms with Gasteiger partial charge in [0.15, 0.2) is 4.90 Å². The van der Waals surface area contributed by atoms with Crippen LogP contribution in [0.2, 0.25) is 0 Å². The number of anilines is 1. The Hall–Kier alpha value is -3.82. The molecule has 0 saturated carbocycles. The van der Waals surface area contributed by atoms with E-state index >= 15 is 0 Å². The summed E-state index contributed by atoms with van der Waals surface area (Å²) in [5.41, 5.74) is 4.18. The van der Waals surface area contributed by atoms with Gasteiger partial charge in [0.2, 0.25) is 10.0 Å². The quantitative estimate of drug-likeness (QED) is 0.323. The van der Waals surface area contributed by atoms with Gasteiger partial charge in [0, 0.05) is 38.1 Å². The number of nitro benzene ring substituents is 1. The molecule has 3 aromatic carbocycles. The van der Waals surface area contributed by atoms with Crippen LogP contribution >= 0.6 is 0 Å². The van der Waals surface area contributed by atoms with E-state index in [1.54, 1.807) is 0 Å². The maximum Gasteiger partial charge on any atom is 0.289 e. The number of allylic oxidation sites excluding steroid dienone is 1. The Bertz CT molecular complexity index is 1460. The maximum atomic E-state index is 13.0. The van der Waals surface area contributed by atoms with E-state index in [1.165, 1.54) is 24.3 Å². The Morgan fingerprint density at radius 1 is 1.06 bits per heavy atom. The van der Waals surface area contributed by atoms with Crippen molar-refractivity contribution in [2.24, 2.45) is 4.99 Å². The van der Waals surface area contributed by atoms with Crippen molar-refractivity contribution in [2.45, 2.75) is 23.7 Å². The van der Waals surface area contributed by atoms with Crippen molar-refractivity contribution in [3.63, 3.8) is 0 Å². The minimum Gasteiger partial charge on any atom is -0.378 e. The zero-order chi connectivity index (χ0) is 26.1. The number of para-hydroxylation sites is 2. The van der Waals surface area contributed by atoms with Crippen molar-refractivity contribution in [2.75, 3.05) is 25.5 Å². The van der Waals surface area contributed by atoms with Crippen LogP contribution in [0, 0.1) is 10.1 Å². The molecule has 0 bridgehead atoms. The summed E-state index contributed by atoms with van der Waals surface area (Å²) in [5, 5.41) is 11.4. The summed E-state index contributed by atoms with van der Waals surface area (Å²) in [7, 11) is -0.180. The van der Waals surface area contributed by atoms with Crippen LogP contribution in [0.3, 0.4) is 0 Å². The first-order chi connectivity index (χ1) is 17.1. The Morgan fingerprint density at radius 3 is 2.36 bits per heavy atom. The van der Waals surface area contributed by atoms with Gasteiger partial charge in [-0.3, -0.25) is 15.1 Å². The van der Waals surface area contributed by atoms with E-state index in [9.17, 15) is 18.5 Å². The molecule has 8 nitrogen and oxygen atoms in total. The molecular weight excluding hydrogens is 476 g/mol. The van der Waals surface area contributed by atoms with Gasteiger partial charge in [-0.05, 0) is 54.3 Å². The molecule has 0 radical (unpaired) electrons. The molecule has 1 N–H and O–H groups in total. The maximum absolute atomic E-state index is 13.0. The van der Waals surface area contributed by atoms with Crippen LogP contribution in [0.5, 0.6) is 0 Å². The molecule has 3 aromatic rings. The van der Waals surface area contributed by atoms with E-state index in [4.69, 9.17) is 4.99 Å². The molecule has 0 amide bonds. The third-order valence-corrected chi connectivity index (χ3v) is 8.17. The summed E-state index contributed by atoms with van der Waals surface area (Å²) in [6, 6.07) is 21.1. The first kappa shape index (κ1) is 25.3. The third kappa shape index (κ3) is 4.43. The second kappa shape index (κ2) is 9.67. The number of fused-ring (bicyclic) bond motifs is 1. The highest BCUT2D eigenvalue weighted by Crippen LogP contribution is 2.50. The zero-order valence-electron chi connectivity index (χ0n) is 20.4. The minimum atomic E-state index is -4.12. The predicted molar refractivity (Wildman–Crippen MR) is 144 cm³/mol. The highest BCUT2D eigenvalue weighted by Gasteiger charge is 2.44. The van der Waals surface area contributed by atoms with E-state index in [0.717, 1.165) is 33.8 Å². The monoisotopic (exact) mass is 504 g/mol. The van der Waals surface area contributed by atoms with Crippen LogP contribution in [0.1, 0.15) is 24.5 Å². The molecule has 1 unspecified atom stereocenters. The van der Waals surface area contributed by atoms with Gasteiger partial charge in [-0.25, -0.2) is 13.1 Å². The van der Waals surface area contributed by atoms with Crippen molar-refractivity contribution in [3.8, 4) is 0 Å². The highest BCUT2D eigenvalue weighted by atomic mass is 32.2. The fraction of sp³-hybridized carbons (Fsp3) is 0.222. The fourth-order valence-corrected chi connectivity index (χ4v) is 5.95. The van der Waals surface area contributed by atoms with Crippen molar-refractivity contribution in [3.05, 3.63) is 101 Å². The summed E-state index contributed by atoms with van der Waals surface area (Å²) < 4.78 is 28.6. The lowest BCUT2D eigenvalue weighted by molar-refractivity contribution is -0.387. The number of hydrogen-bond acceptors (Lipinski definition) is 6. The zero-order valence-corrected chi connectivity index (χ0v) is 21.2. The molecular formula is C27H28N4O4S. The second-order valence-corrected chi connectivity index (χ2v) is 10.6. The third-order valence-electron chi connectivity index (χ3n) is 6.66. The lowest BCUT2D eigenvalue weighted by Gasteiger charge is -2.34. The van der Waals surface area contributed by atoms with Gasteiger partial charge >= 0.3 is 0 Å². The summed E-state index contributed by atoms with van der Waals surface area (Å²) in [6.07, 6.45) is 0.341. The number of nitro groups is 1. The molecule has 36 heavy (non-hydrogen) atoms. The van der Waals surface area contributed by atoms with E-state index in [-0.39, 0.29) is 11.4 Å². The summed E-state index contributed by atoms with van der Waals surface area (Å²) in [4.78, 5) is 17.1. The molecule has 4 rings (SSSR count). The Morgan fingerprint density at radius 2 is 1.69 bits per heavy atom. The van der Waals surface area contributed by atoms with Crippen molar-refractivity contribution in [1.82, 2.24) is 4.72 Å². The van der Waals surface area contributed by atoms with Crippen LogP contribution in [-0.4, -0.2) is 39.7 Å². The first-order valence-corrected chi connectivity index (χ1v) is 12.9. The van der Waals surface area contributed by atoms with Crippen molar-refractivity contribution < 1.29 is 13.3 Å². The number of nitrogens with one attached hydrogen (secondary N) is 1. The number of sulfonamides is 1. The lowest BCUT2D eigenvalue weighted by atomic mass is 9.68. The smallest absolute Gasteiger partial charge is 0.289 e. The topological polar surface area (TPSA) is 105 Å². The van der Waals surface area contributed by atoms with E-state index in [2.05, 4.69) is 11.3 Å². The largest absolute Gasteiger partial charge is 0.378 e. The van der Waals surface area contributed by atoms with Crippen LogP contribution < -0.4 is 9.62 Å². The Kier molecular flexibility index (Phi) is 6.79. The molecule has 1 aliphatic rings.